The van der Waals surface area contributed by atoms with Gasteiger partial charge >= 0.3 is 6.48 Å². The molecule has 0 aliphatic carbocycles. The molecule has 0 heterocycles. The lowest BCUT2D eigenvalue weighted by atomic mass is 10.7. The lowest BCUT2D eigenvalue weighted by Gasteiger charge is -2.14. The van der Waals surface area contributed by atoms with Crippen molar-refractivity contribution in [3.05, 3.63) is 38.2 Å². The molecule has 0 atom stereocenters. The van der Waals surface area contributed by atoms with Gasteiger partial charge in [-0.15, -0.1) is 13.2 Å². The third-order valence-electron chi connectivity index (χ3n) is 0.908. The highest BCUT2D eigenvalue weighted by atomic mass is 16.8. The zero-order valence-corrected chi connectivity index (χ0v) is 7.07. The smallest absolute Gasteiger partial charge is 0.315 e. The van der Waals surface area contributed by atoms with Gasteiger partial charge in [-0.3, -0.25) is 0 Å². The van der Waals surface area contributed by atoms with E-state index < -0.39 is 6.48 Å². The van der Waals surface area contributed by atoms with Crippen molar-refractivity contribution in [2.24, 2.45) is 0 Å². The molecule has 0 spiro atoms. The van der Waals surface area contributed by atoms with Crippen LogP contribution in [0.4, 0.5) is 0 Å². The largest absolute Gasteiger partial charge is 0.450 e. The van der Waals surface area contributed by atoms with E-state index in [2.05, 4.69) is 19.7 Å². The molecule has 0 bridgehead atoms. The highest BCUT2D eigenvalue weighted by Gasteiger charge is 2.05. The van der Waals surface area contributed by atoms with Gasteiger partial charge in [-0.2, -0.15) is 0 Å². The van der Waals surface area contributed by atoms with Gasteiger partial charge in [0.1, 0.15) is 0 Å². The first-order valence-electron chi connectivity index (χ1n) is 3.56. The van der Waals surface area contributed by atoms with E-state index in [1.807, 2.05) is 0 Å². The molecule has 0 aromatic heterocycles. The predicted octanol–water partition coefficient (Wildman–Crippen LogP) is 1.84. The van der Waals surface area contributed by atoms with Crippen molar-refractivity contribution in [3.8, 4) is 0 Å². The van der Waals surface area contributed by atoms with Crippen LogP contribution in [0.25, 0.3) is 0 Å². The van der Waals surface area contributed by atoms with Crippen molar-refractivity contribution in [1.82, 2.24) is 0 Å². The first kappa shape index (κ1) is 10.9. The minimum atomic E-state index is -0.724. The molecule has 3 nitrogen and oxygen atoms in total. The van der Waals surface area contributed by atoms with E-state index in [-0.39, 0.29) is 0 Å². The molecule has 0 rings (SSSR count). The second kappa shape index (κ2) is 8.04. The second-order valence-corrected chi connectivity index (χ2v) is 1.84. The average molecular weight is 170 g/mol. The van der Waals surface area contributed by atoms with E-state index in [4.69, 9.17) is 14.2 Å². The average Bonchev–Trinajstić information content (AvgIpc) is 2.10. The van der Waals surface area contributed by atoms with E-state index in [0.717, 1.165) is 0 Å². The number of rotatable bonds is 8. The van der Waals surface area contributed by atoms with Crippen LogP contribution in [0.2, 0.25) is 0 Å². The Morgan fingerprint density at radius 2 is 1.50 bits per heavy atom. The van der Waals surface area contributed by atoms with Gasteiger partial charge in [-0.05, 0) is 0 Å². The minimum Gasteiger partial charge on any atom is -0.450 e. The molecule has 0 unspecified atom stereocenters. The number of ether oxygens (including phenoxy) is 3. The summed E-state index contributed by atoms with van der Waals surface area (Å²) in [5, 5.41) is 0. The third kappa shape index (κ3) is 5.70. The molecule has 0 saturated carbocycles. The topological polar surface area (TPSA) is 27.7 Å². The second-order valence-electron chi connectivity index (χ2n) is 1.84. The zero-order valence-electron chi connectivity index (χ0n) is 7.07. The molecule has 0 radical (unpaired) electrons. The fourth-order valence-electron chi connectivity index (χ4n) is 0.498. The van der Waals surface area contributed by atoms with Crippen molar-refractivity contribution >= 4 is 0 Å². The van der Waals surface area contributed by atoms with Crippen LogP contribution in [-0.2, 0) is 14.2 Å². The predicted molar refractivity (Wildman–Crippen MR) is 47.4 cm³/mol. The van der Waals surface area contributed by atoms with Gasteiger partial charge in [-0.25, -0.2) is 0 Å². The number of hydrogen-bond acceptors (Lipinski definition) is 3. The summed E-state index contributed by atoms with van der Waals surface area (Å²) in [7, 11) is 0. The van der Waals surface area contributed by atoms with Crippen LogP contribution in [-0.4, -0.2) is 19.7 Å². The summed E-state index contributed by atoms with van der Waals surface area (Å²) in [6.45, 7) is 10.4. The van der Waals surface area contributed by atoms with Gasteiger partial charge < -0.3 is 14.2 Å². The van der Waals surface area contributed by atoms with Crippen LogP contribution in [0.1, 0.15) is 0 Å². The van der Waals surface area contributed by atoms with Gasteiger partial charge in [0.2, 0.25) is 0 Å². The fourth-order valence-corrected chi connectivity index (χ4v) is 0.498. The summed E-state index contributed by atoms with van der Waals surface area (Å²) >= 11 is 0. The summed E-state index contributed by atoms with van der Waals surface area (Å²) in [5.74, 6) is 0. The quantitative estimate of drug-likeness (QED) is 0.316. The molecule has 0 N–H and O–H groups in total. The molecular weight excluding hydrogens is 156 g/mol. The normalized spacial score (nSPS) is 9.42. The lowest BCUT2D eigenvalue weighted by Crippen LogP contribution is -2.18. The lowest BCUT2D eigenvalue weighted by molar-refractivity contribution is -0.255. The molecule has 12 heavy (non-hydrogen) atoms. The first-order chi connectivity index (χ1) is 5.85. The molecule has 0 fully saturated rings. The van der Waals surface area contributed by atoms with Crippen LogP contribution in [0, 0.1) is 0 Å². The summed E-state index contributed by atoms with van der Waals surface area (Å²) in [6.07, 6.45) is 4.48. The maximum Gasteiger partial charge on any atom is 0.315 e. The van der Waals surface area contributed by atoms with E-state index in [0.29, 0.717) is 13.2 Å². The van der Waals surface area contributed by atoms with Crippen LogP contribution in [0.15, 0.2) is 38.2 Å². The van der Waals surface area contributed by atoms with Gasteiger partial charge in [0, 0.05) is 0 Å². The molecule has 0 aliphatic rings. The van der Waals surface area contributed by atoms with Crippen molar-refractivity contribution < 1.29 is 14.2 Å². The Morgan fingerprint density at radius 3 is 1.83 bits per heavy atom. The van der Waals surface area contributed by atoms with Crippen LogP contribution >= 0.6 is 0 Å². The molecule has 0 saturated heterocycles. The Balaban J connectivity index is 3.59. The Bertz CT molecular complexity index is 131. The molecule has 0 aromatic carbocycles. The van der Waals surface area contributed by atoms with Gasteiger partial charge in [-0.1, -0.05) is 18.7 Å². The van der Waals surface area contributed by atoms with Crippen LogP contribution < -0.4 is 0 Å². The molecule has 0 aliphatic heterocycles. The van der Waals surface area contributed by atoms with Crippen molar-refractivity contribution in [2.75, 3.05) is 13.2 Å². The van der Waals surface area contributed by atoms with E-state index in [1.54, 1.807) is 12.2 Å². The maximum absolute atomic E-state index is 5.05. The van der Waals surface area contributed by atoms with Crippen LogP contribution in [0.3, 0.4) is 0 Å². The van der Waals surface area contributed by atoms with Gasteiger partial charge in [0.05, 0.1) is 19.5 Å². The SMILES string of the molecule is C=CCOC(OC=C)OCC=C. The molecular formula is C9H14O3. The van der Waals surface area contributed by atoms with E-state index in [1.165, 1.54) is 6.26 Å². The first-order valence-corrected chi connectivity index (χ1v) is 3.56. The minimum absolute atomic E-state index is 0.371. The highest BCUT2D eigenvalue weighted by molar-refractivity contribution is 4.66. The highest BCUT2D eigenvalue weighted by Crippen LogP contribution is 1.97. The Labute approximate surface area is 72.9 Å². The van der Waals surface area contributed by atoms with Crippen LogP contribution in [0.5, 0.6) is 0 Å². The monoisotopic (exact) mass is 170 g/mol. The molecule has 0 aromatic rings. The Morgan fingerprint density at radius 1 is 1.00 bits per heavy atom. The van der Waals surface area contributed by atoms with Crippen molar-refractivity contribution in [2.45, 2.75) is 6.48 Å². The summed E-state index contributed by atoms with van der Waals surface area (Å²) < 4.78 is 15.0. The summed E-state index contributed by atoms with van der Waals surface area (Å²) in [4.78, 5) is 0. The summed E-state index contributed by atoms with van der Waals surface area (Å²) in [5.41, 5.74) is 0. The summed E-state index contributed by atoms with van der Waals surface area (Å²) in [6, 6.07) is 0. The van der Waals surface area contributed by atoms with Gasteiger partial charge in [0.15, 0.2) is 0 Å². The Hall–Kier alpha value is -1.06. The molecule has 68 valence electrons. The zero-order chi connectivity index (χ0) is 9.23. The van der Waals surface area contributed by atoms with E-state index >= 15 is 0 Å². The third-order valence-corrected chi connectivity index (χ3v) is 0.908. The van der Waals surface area contributed by atoms with Crippen molar-refractivity contribution in [3.63, 3.8) is 0 Å². The number of hydrogen-bond donors (Lipinski definition) is 0. The van der Waals surface area contributed by atoms with Crippen molar-refractivity contribution in [1.29, 1.82) is 0 Å². The fraction of sp³-hybridized carbons (Fsp3) is 0.333. The molecule has 0 amide bonds. The Kier molecular flexibility index (Phi) is 7.33. The molecule has 3 heteroatoms. The maximum atomic E-state index is 5.05. The van der Waals surface area contributed by atoms with Gasteiger partial charge in [0.25, 0.3) is 0 Å². The standard InChI is InChI=1S/C9H14O3/c1-4-7-11-9(10-6-3)12-8-5-2/h4-6,9H,1-3,7-8H2. The van der Waals surface area contributed by atoms with E-state index in [9.17, 15) is 0 Å².